The highest BCUT2D eigenvalue weighted by Crippen LogP contribution is 2.39. The van der Waals surface area contributed by atoms with Gasteiger partial charge in [0.25, 0.3) is 5.56 Å². The second-order valence-electron chi connectivity index (χ2n) is 9.69. The molecule has 0 amide bonds. The van der Waals surface area contributed by atoms with Gasteiger partial charge in [0.15, 0.2) is 11.6 Å². The first kappa shape index (κ1) is 28.3. The average Bonchev–Trinajstić information content (AvgIpc) is 3.72. The molecule has 3 heterocycles. The number of pyridine rings is 2. The molecule has 204 valence electrons. The van der Waals surface area contributed by atoms with Crippen LogP contribution in [-0.4, -0.2) is 30.8 Å². The lowest BCUT2D eigenvalue weighted by Gasteiger charge is -2.17. The molecular formula is C28H28ClF2N5O3. The van der Waals surface area contributed by atoms with Crippen molar-refractivity contribution in [1.29, 1.82) is 0 Å². The van der Waals surface area contributed by atoms with Crippen LogP contribution < -0.4 is 10.3 Å². The van der Waals surface area contributed by atoms with Crippen LogP contribution in [0.1, 0.15) is 49.6 Å². The van der Waals surface area contributed by atoms with Crippen molar-refractivity contribution >= 4 is 23.5 Å². The van der Waals surface area contributed by atoms with Gasteiger partial charge in [0.05, 0.1) is 24.1 Å². The molecule has 1 aliphatic rings. The molecule has 0 saturated heterocycles. The van der Waals surface area contributed by atoms with Gasteiger partial charge in [-0.2, -0.15) is 0 Å². The smallest absolute Gasteiger partial charge is 0.277 e. The van der Waals surface area contributed by atoms with Crippen LogP contribution in [0, 0.1) is 24.5 Å². The Labute approximate surface area is 229 Å². The zero-order valence-electron chi connectivity index (χ0n) is 21.8. The summed E-state index contributed by atoms with van der Waals surface area (Å²) >= 11 is 6.38. The van der Waals surface area contributed by atoms with Gasteiger partial charge in [-0.15, -0.1) is 0 Å². The molecule has 0 atom stereocenters. The van der Waals surface area contributed by atoms with E-state index < -0.39 is 22.8 Å². The van der Waals surface area contributed by atoms with E-state index in [9.17, 15) is 18.7 Å². The summed E-state index contributed by atoms with van der Waals surface area (Å²) in [6, 6.07) is 3.99. The van der Waals surface area contributed by atoms with Gasteiger partial charge < -0.3 is 9.84 Å². The minimum Gasteiger partial charge on any atom is -0.485 e. The van der Waals surface area contributed by atoms with Gasteiger partial charge in [0.2, 0.25) is 0 Å². The molecule has 1 aliphatic carbocycles. The van der Waals surface area contributed by atoms with Crippen molar-refractivity contribution < 1.29 is 18.6 Å². The Hall–Kier alpha value is -3.76. The first-order chi connectivity index (χ1) is 18.5. The Morgan fingerprint density at radius 3 is 2.72 bits per heavy atom. The summed E-state index contributed by atoms with van der Waals surface area (Å²) < 4.78 is 34.1. The van der Waals surface area contributed by atoms with Crippen molar-refractivity contribution in [2.75, 3.05) is 0 Å². The molecule has 1 saturated carbocycles. The first-order valence-corrected chi connectivity index (χ1v) is 12.6. The summed E-state index contributed by atoms with van der Waals surface area (Å²) in [4.78, 5) is 30.1. The Morgan fingerprint density at radius 2 is 2.08 bits per heavy atom. The van der Waals surface area contributed by atoms with Crippen LogP contribution in [0.5, 0.6) is 5.75 Å². The van der Waals surface area contributed by atoms with Crippen molar-refractivity contribution in [3.8, 4) is 5.75 Å². The molecule has 0 spiro atoms. The van der Waals surface area contributed by atoms with Crippen LogP contribution in [0.25, 0.3) is 5.70 Å². The van der Waals surface area contributed by atoms with Crippen molar-refractivity contribution in [3.05, 3.63) is 98.7 Å². The largest absolute Gasteiger partial charge is 0.485 e. The monoisotopic (exact) mass is 555 g/mol. The van der Waals surface area contributed by atoms with Gasteiger partial charge in [-0.05, 0) is 57.2 Å². The first-order valence-electron chi connectivity index (χ1n) is 12.3. The van der Waals surface area contributed by atoms with E-state index >= 15 is 0 Å². The van der Waals surface area contributed by atoms with Crippen LogP contribution in [0.15, 0.2) is 58.6 Å². The second kappa shape index (κ2) is 11.5. The van der Waals surface area contributed by atoms with Crippen LogP contribution in [-0.2, 0) is 18.8 Å². The highest BCUT2D eigenvalue weighted by atomic mass is 35.5. The molecule has 3 aromatic heterocycles. The standard InChI is InChI=1S/C28H28ClF2N5O3/c1-5-23(20(17-6-7-17)14-32-13-19-8-9-33-27(35-19)28(3,4)38)36-16(2)10-24(25(29)26(36)37)39-15-22-21(31)11-18(30)12-34-22/h5,8-12,14,17,38H,1,6-7,13,15H2,2-4H3/b23-20-,32-14-. The summed E-state index contributed by atoms with van der Waals surface area (Å²) in [6.07, 6.45) is 7.63. The van der Waals surface area contributed by atoms with E-state index in [-0.39, 0.29) is 35.5 Å². The number of hydrogen-bond acceptors (Lipinski definition) is 7. The topological polar surface area (TPSA) is 102 Å². The Kier molecular flexibility index (Phi) is 8.36. The molecule has 1 N–H and O–H groups in total. The molecule has 0 unspecified atom stereocenters. The number of aliphatic hydroxyl groups is 1. The second-order valence-corrected chi connectivity index (χ2v) is 10.1. The predicted octanol–water partition coefficient (Wildman–Crippen LogP) is 5.16. The molecular weight excluding hydrogens is 528 g/mol. The van der Waals surface area contributed by atoms with Gasteiger partial charge in [-0.1, -0.05) is 18.2 Å². The van der Waals surface area contributed by atoms with Gasteiger partial charge in [-0.25, -0.2) is 18.7 Å². The third-order valence-electron chi connectivity index (χ3n) is 6.04. The fourth-order valence-corrected chi connectivity index (χ4v) is 4.10. The molecule has 8 nitrogen and oxygen atoms in total. The van der Waals surface area contributed by atoms with E-state index in [4.69, 9.17) is 16.3 Å². The molecule has 0 bridgehead atoms. The van der Waals surface area contributed by atoms with E-state index in [1.807, 2.05) is 0 Å². The van der Waals surface area contributed by atoms with E-state index in [0.717, 1.165) is 24.6 Å². The molecule has 0 aromatic carbocycles. The summed E-state index contributed by atoms with van der Waals surface area (Å²) in [5.41, 5.74) is 0.694. The van der Waals surface area contributed by atoms with Crippen molar-refractivity contribution in [2.24, 2.45) is 10.9 Å². The zero-order valence-corrected chi connectivity index (χ0v) is 22.5. The number of allylic oxidation sites excluding steroid dienone is 3. The Bertz CT molecular complexity index is 1520. The maximum atomic E-state index is 14.0. The summed E-state index contributed by atoms with van der Waals surface area (Å²) in [7, 11) is 0. The quantitative estimate of drug-likeness (QED) is 0.274. The average molecular weight is 556 g/mol. The number of nitrogens with zero attached hydrogens (tertiary/aromatic N) is 5. The molecule has 0 aliphatic heterocycles. The minimum absolute atomic E-state index is 0.0531. The summed E-state index contributed by atoms with van der Waals surface area (Å²) in [6.45, 7) is 8.77. The summed E-state index contributed by atoms with van der Waals surface area (Å²) in [5.74, 6) is -1.11. The molecule has 3 aromatic rings. The van der Waals surface area contributed by atoms with Gasteiger partial charge in [0.1, 0.15) is 34.5 Å². The van der Waals surface area contributed by atoms with Crippen LogP contribution in [0.3, 0.4) is 0 Å². The fourth-order valence-electron chi connectivity index (χ4n) is 3.91. The maximum Gasteiger partial charge on any atom is 0.277 e. The number of halogens is 3. The number of hydrogen-bond donors (Lipinski definition) is 1. The number of aliphatic imine (C=N–C) groups is 1. The van der Waals surface area contributed by atoms with Crippen LogP contribution >= 0.6 is 11.6 Å². The van der Waals surface area contributed by atoms with Crippen molar-refractivity contribution in [3.63, 3.8) is 0 Å². The maximum absolute atomic E-state index is 14.0. The fraction of sp³-hybridized carbons (Fsp3) is 0.321. The van der Waals surface area contributed by atoms with Crippen molar-refractivity contribution in [1.82, 2.24) is 19.5 Å². The third kappa shape index (κ3) is 6.63. The minimum atomic E-state index is -1.17. The molecule has 1 fully saturated rings. The molecule has 39 heavy (non-hydrogen) atoms. The van der Waals surface area contributed by atoms with E-state index in [1.165, 1.54) is 4.57 Å². The number of aromatic nitrogens is 4. The van der Waals surface area contributed by atoms with Crippen molar-refractivity contribution in [2.45, 2.75) is 52.4 Å². The highest BCUT2D eigenvalue weighted by Gasteiger charge is 2.29. The Morgan fingerprint density at radius 1 is 1.33 bits per heavy atom. The number of aryl methyl sites for hydroxylation is 1. The lowest BCUT2D eigenvalue weighted by molar-refractivity contribution is 0.0684. The SMILES string of the molecule is C=C/C(=C(\C=N/Cc1ccnc(C(C)(C)O)n1)C1CC1)n1c(C)cc(OCc2ncc(F)cc2F)c(Cl)c1=O. The van der Waals surface area contributed by atoms with Gasteiger partial charge in [0, 0.05) is 30.2 Å². The van der Waals surface area contributed by atoms with E-state index in [0.29, 0.717) is 29.0 Å². The van der Waals surface area contributed by atoms with E-state index in [1.54, 1.807) is 51.4 Å². The molecule has 11 heteroatoms. The predicted molar refractivity (Wildman–Crippen MR) is 145 cm³/mol. The van der Waals surface area contributed by atoms with Crippen LogP contribution in [0.4, 0.5) is 8.78 Å². The molecule has 0 radical (unpaired) electrons. The van der Waals surface area contributed by atoms with Gasteiger partial charge >= 0.3 is 0 Å². The number of rotatable bonds is 10. The zero-order chi connectivity index (χ0) is 28.3. The van der Waals surface area contributed by atoms with Crippen LogP contribution in [0.2, 0.25) is 5.02 Å². The third-order valence-corrected chi connectivity index (χ3v) is 6.39. The van der Waals surface area contributed by atoms with E-state index in [2.05, 4.69) is 26.5 Å². The lowest BCUT2D eigenvalue weighted by atomic mass is 10.1. The normalized spacial score (nSPS) is 14.4. The molecule has 4 rings (SSSR count). The van der Waals surface area contributed by atoms with Gasteiger partial charge in [-0.3, -0.25) is 19.3 Å². The Balaban J connectivity index is 1.63. The summed E-state index contributed by atoms with van der Waals surface area (Å²) in [5, 5.41) is 9.98. The lowest BCUT2D eigenvalue weighted by Crippen LogP contribution is -2.23. The number of ether oxygens (including phenoxy) is 1. The highest BCUT2D eigenvalue weighted by molar-refractivity contribution is 6.31.